The number of quaternary nitrogens is 1. The maximum atomic E-state index is 12.7. The fraction of sp³-hybridized carbons (Fsp3) is 0.667. The molecule has 0 aromatic heterocycles. The second kappa shape index (κ2) is 41.8. The second-order valence-corrected chi connectivity index (χ2v) is 18.2. The van der Waals surface area contributed by atoms with Gasteiger partial charge in [-0.05, 0) is 83.1 Å². The minimum absolute atomic E-state index is 0.0587. The lowest BCUT2D eigenvalue weighted by Crippen LogP contribution is -2.37. The normalized spacial score (nSPS) is 14.2. The molecule has 0 aliphatic carbocycles. The standard InChI is InChI=1S/C51H86NO9P/c1-6-8-10-11-12-13-14-15-16-17-18-19-20-21-22-25-28-31-34-38-42-50(54)58-46-49(47-60-62(56,57)59-45-44-52(3,4)5)61-51(55)43-39-35-32-29-26-23-24-27-30-33-37-41-48(53)40-36-9-7-2/h13-14,16-17,19-20,23-24,29-30,32-33,37,41,49H,6-12,15,18,21-22,25-28,31,34-36,38-40,42-47H2,1-5H3/b14-13-,17-16-,20-19-,24-23-,32-29-,33-30-,41-37+/t49-/m1/s1. The number of carbonyl (C=O) groups is 3. The van der Waals surface area contributed by atoms with Crippen molar-refractivity contribution in [3.63, 3.8) is 0 Å². The molecule has 0 spiro atoms. The maximum Gasteiger partial charge on any atom is 0.306 e. The number of allylic oxidation sites excluding steroid dienone is 14. The molecule has 0 radical (unpaired) electrons. The van der Waals surface area contributed by atoms with Crippen LogP contribution in [0.4, 0.5) is 0 Å². The molecule has 0 fully saturated rings. The molecule has 0 bridgehead atoms. The predicted octanol–water partition coefficient (Wildman–Crippen LogP) is 12.5. The summed E-state index contributed by atoms with van der Waals surface area (Å²) in [6, 6.07) is 0. The molecule has 11 heteroatoms. The van der Waals surface area contributed by atoms with Crippen LogP contribution in [0.25, 0.3) is 0 Å². The number of hydrogen-bond donors (Lipinski definition) is 0. The van der Waals surface area contributed by atoms with Crippen LogP contribution >= 0.6 is 7.82 Å². The first-order valence-corrected chi connectivity index (χ1v) is 25.2. The van der Waals surface area contributed by atoms with Gasteiger partial charge < -0.3 is 27.9 Å². The SMILES string of the molecule is CCCCCC/C=C\C/C=C\C/C=C\CCCCCCCCC(=O)OC[C@H](COP(=O)([O-])OCC[N+](C)(C)C)OC(=O)CCC/C=C\C/C=C\C/C=C\C=C\C(=O)CCCCC. The van der Waals surface area contributed by atoms with Gasteiger partial charge in [0.1, 0.15) is 19.8 Å². The van der Waals surface area contributed by atoms with Crippen molar-refractivity contribution in [2.24, 2.45) is 0 Å². The van der Waals surface area contributed by atoms with E-state index < -0.39 is 32.5 Å². The summed E-state index contributed by atoms with van der Waals surface area (Å²) in [5.41, 5.74) is 0. The van der Waals surface area contributed by atoms with Crippen molar-refractivity contribution in [2.45, 2.75) is 174 Å². The van der Waals surface area contributed by atoms with Gasteiger partial charge in [0, 0.05) is 19.3 Å². The minimum atomic E-state index is -4.67. The molecule has 10 nitrogen and oxygen atoms in total. The first kappa shape index (κ1) is 58.9. The van der Waals surface area contributed by atoms with Crippen LogP contribution in [0.3, 0.4) is 0 Å². The summed E-state index contributed by atoms with van der Waals surface area (Å²) in [5, 5.41) is 0. The van der Waals surface area contributed by atoms with Crippen molar-refractivity contribution in [1.82, 2.24) is 0 Å². The van der Waals surface area contributed by atoms with Gasteiger partial charge in [0.05, 0.1) is 27.7 Å². The maximum absolute atomic E-state index is 12.7. The number of likely N-dealkylation sites (N-methyl/N-ethyl adjacent to an activating group) is 1. The van der Waals surface area contributed by atoms with Crippen LogP contribution < -0.4 is 4.89 Å². The van der Waals surface area contributed by atoms with Gasteiger partial charge in [0.25, 0.3) is 7.82 Å². The van der Waals surface area contributed by atoms with Crippen LogP contribution in [0.2, 0.25) is 0 Å². The quantitative estimate of drug-likeness (QED) is 0.0112. The average molecular weight is 888 g/mol. The van der Waals surface area contributed by atoms with Crippen molar-refractivity contribution in [1.29, 1.82) is 0 Å². The van der Waals surface area contributed by atoms with Crippen LogP contribution in [0.1, 0.15) is 168 Å². The molecular formula is C51H86NO9P. The lowest BCUT2D eigenvalue weighted by atomic mass is 10.1. The molecule has 0 aliphatic heterocycles. The number of unbranched alkanes of at least 4 members (excludes halogenated alkanes) is 13. The largest absolute Gasteiger partial charge is 0.756 e. The third-order valence-corrected chi connectivity index (χ3v) is 10.6. The smallest absolute Gasteiger partial charge is 0.306 e. The van der Waals surface area contributed by atoms with Gasteiger partial charge in [-0.3, -0.25) is 18.9 Å². The number of nitrogens with zero attached hydrogens (tertiary/aromatic N) is 1. The molecule has 0 aliphatic rings. The van der Waals surface area contributed by atoms with Crippen LogP contribution in [-0.4, -0.2) is 75.8 Å². The van der Waals surface area contributed by atoms with Gasteiger partial charge in [-0.15, -0.1) is 0 Å². The third kappa shape index (κ3) is 44.9. The van der Waals surface area contributed by atoms with Crippen molar-refractivity contribution in [2.75, 3.05) is 47.5 Å². The summed E-state index contributed by atoms with van der Waals surface area (Å²) < 4.78 is 33.8. The number of ether oxygens (including phenoxy) is 2. The van der Waals surface area contributed by atoms with E-state index in [2.05, 4.69) is 62.5 Å². The molecule has 62 heavy (non-hydrogen) atoms. The molecule has 0 aromatic rings. The molecule has 0 N–H and O–H groups in total. The Morgan fingerprint density at radius 2 is 1.03 bits per heavy atom. The number of rotatable bonds is 42. The number of hydrogen-bond acceptors (Lipinski definition) is 9. The third-order valence-electron chi connectivity index (χ3n) is 9.61. The zero-order valence-electron chi connectivity index (χ0n) is 39.5. The zero-order chi connectivity index (χ0) is 45.8. The highest BCUT2D eigenvalue weighted by molar-refractivity contribution is 7.45. The van der Waals surface area contributed by atoms with Crippen molar-refractivity contribution < 1.29 is 46.8 Å². The fourth-order valence-electron chi connectivity index (χ4n) is 5.84. The van der Waals surface area contributed by atoms with Gasteiger partial charge in [0.2, 0.25) is 0 Å². The van der Waals surface area contributed by atoms with Gasteiger partial charge in [-0.2, -0.15) is 0 Å². The summed E-state index contributed by atoms with van der Waals surface area (Å²) in [6.07, 6.45) is 50.3. The highest BCUT2D eigenvalue weighted by Crippen LogP contribution is 2.38. The fourth-order valence-corrected chi connectivity index (χ4v) is 6.57. The zero-order valence-corrected chi connectivity index (χ0v) is 40.4. The summed E-state index contributed by atoms with van der Waals surface area (Å²) in [4.78, 5) is 49.3. The highest BCUT2D eigenvalue weighted by Gasteiger charge is 2.21. The Morgan fingerprint density at radius 3 is 1.63 bits per heavy atom. The molecule has 354 valence electrons. The topological polar surface area (TPSA) is 128 Å². The van der Waals surface area contributed by atoms with E-state index in [1.54, 1.807) is 12.2 Å². The first-order chi connectivity index (χ1) is 29.9. The summed E-state index contributed by atoms with van der Waals surface area (Å²) in [6.45, 7) is 3.93. The van der Waals surface area contributed by atoms with Gasteiger partial charge >= 0.3 is 11.9 Å². The number of ketones is 1. The lowest BCUT2D eigenvalue weighted by molar-refractivity contribution is -0.870. The minimum Gasteiger partial charge on any atom is -0.756 e. The average Bonchev–Trinajstić information content (AvgIpc) is 3.22. The molecular weight excluding hydrogens is 802 g/mol. The molecule has 0 aromatic carbocycles. The lowest BCUT2D eigenvalue weighted by Gasteiger charge is -2.28. The van der Waals surface area contributed by atoms with E-state index in [9.17, 15) is 23.8 Å². The molecule has 0 saturated carbocycles. The van der Waals surface area contributed by atoms with Crippen molar-refractivity contribution >= 4 is 25.5 Å². The predicted molar refractivity (Wildman–Crippen MR) is 254 cm³/mol. The molecule has 0 heterocycles. The van der Waals surface area contributed by atoms with E-state index in [4.69, 9.17) is 18.5 Å². The van der Waals surface area contributed by atoms with E-state index in [-0.39, 0.29) is 31.8 Å². The highest BCUT2D eigenvalue weighted by atomic mass is 31.2. The van der Waals surface area contributed by atoms with Crippen LogP contribution in [0.5, 0.6) is 0 Å². The number of phosphoric acid groups is 1. The molecule has 0 rings (SSSR count). The summed E-state index contributed by atoms with van der Waals surface area (Å²) in [7, 11) is 1.07. The molecule has 0 saturated heterocycles. The summed E-state index contributed by atoms with van der Waals surface area (Å²) in [5.74, 6) is -0.792. The van der Waals surface area contributed by atoms with Gasteiger partial charge in [0.15, 0.2) is 11.9 Å². The van der Waals surface area contributed by atoms with Gasteiger partial charge in [-0.1, -0.05) is 151 Å². The Hall–Kier alpha value is -3.14. The Balaban J connectivity index is 4.48. The van der Waals surface area contributed by atoms with Gasteiger partial charge in [-0.25, -0.2) is 0 Å². The first-order valence-electron chi connectivity index (χ1n) is 23.7. The molecule has 1 unspecified atom stereocenters. The number of esters is 2. The van der Waals surface area contributed by atoms with Crippen molar-refractivity contribution in [3.8, 4) is 0 Å². The molecule has 2 atom stereocenters. The summed E-state index contributed by atoms with van der Waals surface area (Å²) >= 11 is 0. The van der Waals surface area contributed by atoms with E-state index in [1.165, 1.54) is 32.1 Å². The van der Waals surface area contributed by atoms with E-state index in [0.29, 0.717) is 36.7 Å². The Kier molecular flexibility index (Phi) is 39.7. The Labute approximate surface area is 377 Å². The van der Waals surface area contributed by atoms with Crippen LogP contribution in [0, 0.1) is 0 Å². The van der Waals surface area contributed by atoms with E-state index in [0.717, 1.165) is 83.5 Å². The Morgan fingerprint density at radius 1 is 0.548 bits per heavy atom. The van der Waals surface area contributed by atoms with Crippen molar-refractivity contribution in [3.05, 3.63) is 85.1 Å². The Bertz CT molecular complexity index is 1390. The van der Waals surface area contributed by atoms with E-state index in [1.807, 2.05) is 45.4 Å². The van der Waals surface area contributed by atoms with E-state index >= 15 is 0 Å². The van der Waals surface area contributed by atoms with Crippen LogP contribution in [0.15, 0.2) is 85.1 Å². The molecule has 0 amide bonds. The second-order valence-electron chi connectivity index (χ2n) is 16.8. The monoisotopic (exact) mass is 888 g/mol. The number of phosphoric ester groups is 1. The van der Waals surface area contributed by atoms with Crippen LogP contribution in [-0.2, 0) is 37.5 Å². The number of carbonyl (C=O) groups excluding carboxylic acids is 3.